The second-order valence-corrected chi connectivity index (χ2v) is 9.93. The van der Waals surface area contributed by atoms with Crippen molar-refractivity contribution in [1.29, 1.82) is 0 Å². The molecule has 2 aromatic carbocycles. The molecule has 4 nitrogen and oxygen atoms in total. The van der Waals surface area contributed by atoms with Crippen LogP contribution in [0.25, 0.3) is 0 Å². The lowest BCUT2D eigenvalue weighted by Gasteiger charge is -2.26. The summed E-state index contributed by atoms with van der Waals surface area (Å²) in [5.74, 6) is 0.953. The lowest BCUT2D eigenvalue weighted by Crippen LogP contribution is -2.34. The predicted octanol–water partition coefficient (Wildman–Crippen LogP) is 6.48. The van der Waals surface area contributed by atoms with Crippen molar-refractivity contribution >= 4 is 11.4 Å². The number of aryl methyl sites for hydroxylation is 4. The first kappa shape index (κ1) is 25.1. The molecule has 4 rings (SSSR count). The highest BCUT2D eigenvalue weighted by Crippen LogP contribution is 2.37. The van der Waals surface area contributed by atoms with Gasteiger partial charge in [0.15, 0.2) is 0 Å². The second kappa shape index (κ2) is 11.6. The molecular formula is C31H40N2O2. The molecule has 1 heterocycles. The summed E-state index contributed by atoms with van der Waals surface area (Å²) >= 11 is 0. The molecule has 0 amide bonds. The smallest absolute Gasteiger partial charge is 0.123 e. The second-order valence-electron chi connectivity index (χ2n) is 9.93. The van der Waals surface area contributed by atoms with Gasteiger partial charge in [0.05, 0.1) is 24.7 Å². The third-order valence-corrected chi connectivity index (χ3v) is 7.15. The third kappa shape index (κ3) is 6.18. The normalized spacial score (nSPS) is 17.2. The van der Waals surface area contributed by atoms with Crippen LogP contribution in [0.5, 0.6) is 0 Å². The van der Waals surface area contributed by atoms with Crippen LogP contribution in [0.1, 0.15) is 55.4 Å². The monoisotopic (exact) mass is 472 g/mol. The molecule has 0 aromatic heterocycles. The van der Waals surface area contributed by atoms with E-state index in [1.165, 1.54) is 44.8 Å². The van der Waals surface area contributed by atoms with E-state index >= 15 is 0 Å². The van der Waals surface area contributed by atoms with Crippen LogP contribution in [0.3, 0.4) is 0 Å². The van der Waals surface area contributed by atoms with Gasteiger partial charge in [0.1, 0.15) is 5.76 Å². The van der Waals surface area contributed by atoms with Gasteiger partial charge < -0.3 is 20.1 Å². The van der Waals surface area contributed by atoms with E-state index in [0.717, 1.165) is 50.8 Å². The molecule has 1 aliphatic carbocycles. The molecule has 0 saturated carbocycles. The van der Waals surface area contributed by atoms with Gasteiger partial charge in [-0.2, -0.15) is 0 Å². The minimum absolute atomic E-state index is 0.234. The third-order valence-electron chi connectivity index (χ3n) is 7.15. The molecule has 1 aliphatic heterocycles. The number of fused-ring (bicyclic) bond motifs is 1. The molecule has 1 atom stereocenters. The number of benzene rings is 2. The van der Waals surface area contributed by atoms with Crippen molar-refractivity contribution in [3.63, 3.8) is 0 Å². The van der Waals surface area contributed by atoms with Gasteiger partial charge in [0, 0.05) is 18.7 Å². The van der Waals surface area contributed by atoms with Crippen LogP contribution in [-0.4, -0.2) is 31.5 Å². The van der Waals surface area contributed by atoms with Crippen LogP contribution in [-0.2, 0) is 24.0 Å². The zero-order valence-corrected chi connectivity index (χ0v) is 21.7. The van der Waals surface area contributed by atoms with Crippen molar-refractivity contribution in [1.82, 2.24) is 0 Å². The van der Waals surface area contributed by atoms with Crippen LogP contribution in [0.2, 0.25) is 0 Å². The molecule has 2 N–H and O–H groups in total. The van der Waals surface area contributed by atoms with Gasteiger partial charge in [-0.3, -0.25) is 0 Å². The number of hydrogen-bond acceptors (Lipinski definition) is 4. The fraction of sp³-hybridized carbons (Fsp3) is 0.419. The summed E-state index contributed by atoms with van der Waals surface area (Å²) in [5.41, 5.74) is 10.6. The minimum Gasteiger partial charge on any atom is -0.496 e. The summed E-state index contributed by atoms with van der Waals surface area (Å²) in [6.07, 6.45) is 12.8. The van der Waals surface area contributed by atoms with Crippen molar-refractivity contribution in [2.75, 3.05) is 30.5 Å². The summed E-state index contributed by atoms with van der Waals surface area (Å²) in [6, 6.07) is 13.6. The number of methoxy groups -OCH3 is 1. The number of aliphatic hydroxyl groups is 1. The van der Waals surface area contributed by atoms with Crippen molar-refractivity contribution in [3.05, 3.63) is 93.8 Å². The van der Waals surface area contributed by atoms with E-state index in [1.807, 2.05) is 0 Å². The van der Waals surface area contributed by atoms with E-state index in [2.05, 4.69) is 85.6 Å². The quantitative estimate of drug-likeness (QED) is 0.415. The molecule has 0 fully saturated rings. The molecule has 0 spiro atoms. The van der Waals surface area contributed by atoms with E-state index < -0.39 is 0 Å². The standard InChI is InChI=1S/C31H40N2O2/c1-22-10-15-28(31(35-4)17-12-22)21-33-24(3)32-29-16-13-25(20-30(29)33)7-5-8-27-19-23(2)11-14-26(27)9-6-18-34/h11-17,19-20,24,32,34H,5-10,18,21H2,1-4H3. The molecule has 2 aliphatic rings. The lowest BCUT2D eigenvalue weighted by atomic mass is 9.95. The first-order chi connectivity index (χ1) is 17.0. The largest absolute Gasteiger partial charge is 0.496 e. The topological polar surface area (TPSA) is 44.7 Å². The van der Waals surface area contributed by atoms with Gasteiger partial charge in [-0.15, -0.1) is 0 Å². The van der Waals surface area contributed by atoms with Gasteiger partial charge in [0.2, 0.25) is 0 Å². The maximum atomic E-state index is 9.25. The molecule has 4 heteroatoms. The van der Waals surface area contributed by atoms with E-state index in [9.17, 15) is 5.11 Å². The summed E-state index contributed by atoms with van der Waals surface area (Å²) in [6.45, 7) is 7.62. The van der Waals surface area contributed by atoms with Crippen LogP contribution < -0.4 is 10.2 Å². The van der Waals surface area contributed by atoms with E-state index in [0.29, 0.717) is 0 Å². The first-order valence-corrected chi connectivity index (χ1v) is 12.9. The SMILES string of the molecule is COC1=CC=C(C)CC=C1CN1c2cc(CCCc3cc(C)ccc3CCCO)ccc2NC1C. The Kier molecular flexibility index (Phi) is 8.35. The Morgan fingerprint density at radius 2 is 1.83 bits per heavy atom. The Balaban J connectivity index is 1.45. The predicted molar refractivity (Wildman–Crippen MR) is 147 cm³/mol. The lowest BCUT2D eigenvalue weighted by molar-refractivity contribution is 0.288. The Bertz CT molecular complexity index is 1130. The average molecular weight is 473 g/mol. The Morgan fingerprint density at radius 1 is 1.00 bits per heavy atom. The maximum Gasteiger partial charge on any atom is 0.123 e. The van der Waals surface area contributed by atoms with Gasteiger partial charge >= 0.3 is 0 Å². The molecule has 35 heavy (non-hydrogen) atoms. The number of nitrogens with zero attached hydrogens (tertiary/aromatic N) is 1. The average Bonchev–Trinajstić information content (AvgIpc) is 3.03. The number of hydrogen-bond donors (Lipinski definition) is 2. The molecule has 0 radical (unpaired) electrons. The summed E-state index contributed by atoms with van der Waals surface area (Å²) < 4.78 is 5.71. The van der Waals surface area contributed by atoms with Gasteiger partial charge in [0.25, 0.3) is 0 Å². The molecule has 186 valence electrons. The van der Waals surface area contributed by atoms with Gasteiger partial charge in [-0.1, -0.05) is 47.6 Å². The highest BCUT2D eigenvalue weighted by atomic mass is 16.5. The summed E-state index contributed by atoms with van der Waals surface area (Å²) in [7, 11) is 1.76. The first-order valence-electron chi connectivity index (χ1n) is 12.9. The van der Waals surface area contributed by atoms with Gasteiger partial charge in [-0.25, -0.2) is 0 Å². The Labute approximate surface area is 211 Å². The Hall–Kier alpha value is -2.98. The number of ether oxygens (including phenoxy) is 1. The zero-order chi connectivity index (χ0) is 24.8. The molecule has 2 aromatic rings. The van der Waals surface area contributed by atoms with Crippen molar-refractivity contribution in [2.45, 2.75) is 65.5 Å². The van der Waals surface area contributed by atoms with Crippen LogP contribution in [0.4, 0.5) is 11.4 Å². The summed E-state index contributed by atoms with van der Waals surface area (Å²) in [5, 5.41) is 12.9. The molecule has 0 bridgehead atoms. The van der Waals surface area contributed by atoms with Crippen molar-refractivity contribution < 1.29 is 9.84 Å². The van der Waals surface area contributed by atoms with Crippen molar-refractivity contribution in [2.24, 2.45) is 0 Å². The van der Waals surface area contributed by atoms with E-state index in [-0.39, 0.29) is 12.8 Å². The highest BCUT2D eigenvalue weighted by Gasteiger charge is 2.27. The fourth-order valence-electron chi connectivity index (χ4n) is 5.11. The van der Waals surface area contributed by atoms with Crippen molar-refractivity contribution in [3.8, 4) is 0 Å². The number of anilines is 2. The molecular weight excluding hydrogens is 432 g/mol. The number of allylic oxidation sites excluding steroid dienone is 4. The molecule has 0 saturated heterocycles. The van der Waals surface area contributed by atoms with E-state index in [4.69, 9.17) is 4.74 Å². The highest BCUT2D eigenvalue weighted by molar-refractivity contribution is 5.77. The zero-order valence-electron chi connectivity index (χ0n) is 21.7. The fourth-order valence-corrected chi connectivity index (χ4v) is 5.11. The van der Waals surface area contributed by atoms with Crippen LogP contribution in [0, 0.1) is 6.92 Å². The maximum absolute atomic E-state index is 9.25. The summed E-state index contributed by atoms with van der Waals surface area (Å²) in [4.78, 5) is 2.45. The Morgan fingerprint density at radius 3 is 2.63 bits per heavy atom. The van der Waals surface area contributed by atoms with Gasteiger partial charge in [-0.05, 0) is 94.2 Å². The number of rotatable bonds is 10. The number of aliphatic hydroxyl groups excluding tert-OH is 1. The van der Waals surface area contributed by atoms with Crippen LogP contribution >= 0.6 is 0 Å². The number of nitrogens with one attached hydrogen (secondary N) is 1. The minimum atomic E-state index is 0.234. The molecule has 1 unspecified atom stereocenters. The van der Waals surface area contributed by atoms with Crippen LogP contribution in [0.15, 0.2) is 71.5 Å². The van der Waals surface area contributed by atoms with E-state index in [1.54, 1.807) is 7.11 Å².